The van der Waals surface area contributed by atoms with E-state index >= 15 is 0 Å². The van der Waals surface area contributed by atoms with Crippen molar-refractivity contribution >= 4 is 0 Å². The summed E-state index contributed by atoms with van der Waals surface area (Å²) in [6.45, 7) is 1.12. The third-order valence-electron chi connectivity index (χ3n) is 3.27. The van der Waals surface area contributed by atoms with E-state index in [2.05, 4.69) is 17.5 Å². The van der Waals surface area contributed by atoms with Crippen LogP contribution in [0.1, 0.15) is 36.8 Å². The molecule has 1 N–H and O–H groups in total. The molecule has 1 atom stereocenters. The summed E-state index contributed by atoms with van der Waals surface area (Å²) in [5.41, 5.74) is 2.01. The highest BCUT2D eigenvalue weighted by Crippen LogP contribution is 2.15. The van der Waals surface area contributed by atoms with Crippen molar-refractivity contribution in [3.63, 3.8) is 0 Å². The third-order valence-corrected chi connectivity index (χ3v) is 3.27. The average molecular weight is 214 g/mol. The summed E-state index contributed by atoms with van der Waals surface area (Å²) >= 11 is 0. The Kier molecular flexibility index (Phi) is 3.96. The maximum Gasteiger partial charge on any atom is 0.0994 e. The van der Waals surface area contributed by atoms with Gasteiger partial charge >= 0.3 is 0 Å². The van der Waals surface area contributed by atoms with Gasteiger partial charge in [0.15, 0.2) is 0 Å². The third kappa shape index (κ3) is 2.84. The lowest BCUT2D eigenvalue weighted by molar-refractivity contribution is 0.507. The van der Waals surface area contributed by atoms with E-state index in [0.717, 1.165) is 18.5 Å². The minimum atomic E-state index is 0.553. The van der Waals surface area contributed by atoms with Crippen molar-refractivity contribution in [1.29, 1.82) is 5.26 Å². The Bertz CT molecular complexity index is 371. The van der Waals surface area contributed by atoms with Crippen LogP contribution in [0.3, 0.4) is 0 Å². The Morgan fingerprint density at radius 3 is 3.00 bits per heavy atom. The number of benzene rings is 1. The van der Waals surface area contributed by atoms with E-state index in [1.165, 1.54) is 31.2 Å². The van der Waals surface area contributed by atoms with E-state index < -0.39 is 0 Å². The molecule has 1 aliphatic rings. The normalized spacial score (nSPS) is 21.1. The molecule has 2 rings (SSSR count). The molecule has 0 aromatic heterocycles. The predicted molar refractivity (Wildman–Crippen MR) is 65.1 cm³/mol. The number of hydrogen-bond acceptors (Lipinski definition) is 2. The SMILES string of the molecule is N#Cc1ccccc1CC1CCCCCN1. The standard InChI is InChI=1S/C14H18N2/c15-11-13-7-4-3-6-12(13)10-14-8-2-1-5-9-16-14/h3-4,6-7,14,16H,1-2,5,8-10H2. The van der Waals surface area contributed by atoms with Gasteiger partial charge in [-0.25, -0.2) is 0 Å². The quantitative estimate of drug-likeness (QED) is 0.821. The van der Waals surface area contributed by atoms with Crippen molar-refractivity contribution in [2.45, 2.75) is 38.1 Å². The first kappa shape index (κ1) is 11.2. The highest BCUT2D eigenvalue weighted by molar-refractivity contribution is 5.37. The fraction of sp³-hybridized carbons (Fsp3) is 0.500. The molecular formula is C14H18N2. The van der Waals surface area contributed by atoms with Gasteiger partial charge in [0.05, 0.1) is 11.6 Å². The molecule has 1 aromatic rings. The highest BCUT2D eigenvalue weighted by Gasteiger charge is 2.13. The molecule has 16 heavy (non-hydrogen) atoms. The van der Waals surface area contributed by atoms with Crippen LogP contribution in [0.15, 0.2) is 24.3 Å². The zero-order valence-corrected chi connectivity index (χ0v) is 9.58. The van der Waals surface area contributed by atoms with Crippen LogP contribution in [-0.4, -0.2) is 12.6 Å². The van der Waals surface area contributed by atoms with Crippen LogP contribution >= 0.6 is 0 Å². The van der Waals surface area contributed by atoms with E-state index in [1.807, 2.05) is 18.2 Å². The first-order valence-corrected chi connectivity index (χ1v) is 6.11. The number of nitrogens with zero attached hydrogens (tertiary/aromatic N) is 1. The smallest absolute Gasteiger partial charge is 0.0994 e. The van der Waals surface area contributed by atoms with E-state index in [-0.39, 0.29) is 0 Å². The van der Waals surface area contributed by atoms with Crippen LogP contribution in [0.5, 0.6) is 0 Å². The molecule has 2 heteroatoms. The van der Waals surface area contributed by atoms with Gasteiger partial charge in [0, 0.05) is 6.04 Å². The van der Waals surface area contributed by atoms with Crippen molar-refractivity contribution in [3.05, 3.63) is 35.4 Å². The summed E-state index contributed by atoms with van der Waals surface area (Å²) in [4.78, 5) is 0. The molecule has 1 fully saturated rings. The van der Waals surface area contributed by atoms with Crippen LogP contribution in [0.25, 0.3) is 0 Å². The second-order valence-electron chi connectivity index (χ2n) is 4.47. The van der Waals surface area contributed by atoms with Crippen molar-refractivity contribution in [2.24, 2.45) is 0 Å². The summed E-state index contributed by atoms with van der Waals surface area (Å²) in [6.07, 6.45) is 6.16. The summed E-state index contributed by atoms with van der Waals surface area (Å²) < 4.78 is 0. The molecule has 1 heterocycles. The Morgan fingerprint density at radius 1 is 1.25 bits per heavy atom. The van der Waals surface area contributed by atoms with Gasteiger partial charge < -0.3 is 5.32 Å². The molecule has 0 aliphatic carbocycles. The Hall–Kier alpha value is -1.33. The van der Waals surface area contributed by atoms with Gasteiger partial charge in [0.2, 0.25) is 0 Å². The van der Waals surface area contributed by atoms with Gasteiger partial charge in [-0.2, -0.15) is 5.26 Å². The van der Waals surface area contributed by atoms with Crippen LogP contribution < -0.4 is 5.32 Å². The van der Waals surface area contributed by atoms with Gasteiger partial charge in [-0.3, -0.25) is 0 Å². The van der Waals surface area contributed by atoms with Crippen LogP contribution in [0.2, 0.25) is 0 Å². The fourth-order valence-corrected chi connectivity index (χ4v) is 2.35. The molecule has 0 bridgehead atoms. The van der Waals surface area contributed by atoms with Gasteiger partial charge in [-0.1, -0.05) is 31.0 Å². The second kappa shape index (κ2) is 5.67. The van der Waals surface area contributed by atoms with Crippen molar-refractivity contribution < 1.29 is 0 Å². The van der Waals surface area contributed by atoms with E-state index in [1.54, 1.807) is 0 Å². The fourth-order valence-electron chi connectivity index (χ4n) is 2.35. The molecule has 1 aliphatic heterocycles. The second-order valence-corrected chi connectivity index (χ2v) is 4.47. The molecule has 84 valence electrons. The van der Waals surface area contributed by atoms with Crippen LogP contribution in [0.4, 0.5) is 0 Å². The molecule has 0 amide bonds. The van der Waals surface area contributed by atoms with Crippen molar-refractivity contribution in [1.82, 2.24) is 5.32 Å². The van der Waals surface area contributed by atoms with Crippen LogP contribution in [-0.2, 0) is 6.42 Å². The lowest BCUT2D eigenvalue weighted by atomic mass is 9.98. The van der Waals surface area contributed by atoms with Crippen LogP contribution in [0, 0.1) is 11.3 Å². The highest BCUT2D eigenvalue weighted by atomic mass is 14.9. The molecule has 2 nitrogen and oxygen atoms in total. The van der Waals surface area contributed by atoms with Gasteiger partial charge in [0.25, 0.3) is 0 Å². The van der Waals surface area contributed by atoms with Crippen molar-refractivity contribution in [3.8, 4) is 6.07 Å². The van der Waals surface area contributed by atoms with E-state index in [0.29, 0.717) is 6.04 Å². The monoisotopic (exact) mass is 214 g/mol. The minimum absolute atomic E-state index is 0.553. The summed E-state index contributed by atoms with van der Waals surface area (Å²) in [5.74, 6) is 0. The van der Waals surface area contributed by atoms with Gasteiger partial charge in [-0.15, -0.1) is 0 Å². The lowest BCUT2D eigenvalue weighted by Gasteiger charge is -2.16. The summed E-state index contributed by atoms with van der Waals surface area (Å²) in [6, 6.07) is 10.8. The molecule has 1 unspecified atom stereocenters. The maximum atomic E-state index is 9.03. The molecule has 0 radical (unpaired) electrons. The minimum Gasteiger partial charge on any atom is -0.314 e. The Balaban J connectivity index is 2.05. The molecule has 0 saturated carbocycles. The lowest BCUT2D eigenvalue weighted by Crippen LogP contribution is -2.30. The number of nitriles is 1. The molecule has 1 aromatic carbocycles. The largest absolute Gasteiger partial charge is 0.314 e. The number of rotatable bonds is 2. The molecule has 1 saturated heterocycles. The maximum absolute atomic E-state index is 9.03. The average Bonchev–Trinajstić information content (AvgIpc) is 2.58. The molecule has 0 spiro atoms. The topological polar surface area (TPSA) is 35.8 Å². The van der Waals surface area contributed by atoms with Crippen molar-refractivity contribution in [2.75, 3.05) is 6.54 Å². The van der Waals surface area contributed by atoms with E-state index in [9.17, 15) is 0 Å². The first-order valence-electron chi connectivity index (χ1n) is 6.11. The van der Waals surface area contributed by atoms with E-state index in [4.69, 9.17) is 5.26 Å². The Morgan fingerprint density at radius 2 is 2.12 bits per heavy atom. The number of nitrogens with one attached hydrogen (secondary N) is 1. The first-order chi connectivity index (χ1) is 7.90. The predicted octanol–water partition coefficient (Wildman–Crippen LogP) is 2.63. The summed E-state index contributed by atoms with van der Waals surface area (Å²) in [7, 11) is 0. The van der Waals surface area contributed by atoms with Gasteiger partial charge in [-0.05, 0) is 37.4 Å². The number of hydrogen-bond donors (Lipinski definition) is 1. The Labute approximate surface area is 97.3 Å². The summed E-state index contributed by atoms with van der Waals surface area (Å²) in [5, 5.41) is 12.6. The van der Waals surface area contributed by atoms with Gasteiger partial charge in [0.1, 0.15) is 0 Å². The molecular weight excluding hydrogens is 196 g/mol. The zero-order chi connectivity index (χ0) is 11.2. The zero-order valence-electron chi connectivity index (χ0n) is 9.58.